The van der Waals surface area contributed by atoms with E-state index in [9.17, 15) is 4.79 Å². The Bertz CT molecular complexity index is 1650. The zero-order valence-electron chi connectivity index (χ0n) is 25.0. The molecule has 0 fully saturated rings. The number of nitrogens with one attached hydrogen (secondary N) is 1. The molecule has 0 spiro atoms. The number of carbonyl (C=O) groups is 1. The molecule has 1 aliphatic heterocycles. The zero-order valence-corrected chi connectivity index (χ0v) is 25.0. The summed E-state index contributed by atoms with van der Waals surface area (Å²) < 4.78 is 17.6. The number of azide groups is 1. The van der Waals surface area contributed by atoms with Gasteiger partial charge in [-0.3, -0.25) is 4.79 Å². The van der Waals surface area contributed by atoms with Gasteiger partial charge in [-0.05, 0) is 64.2 Å². The standard InChI is InChI=1S/C35H35N5O5/c1-43-30-16-12-25(13-17-30)23-37-34(42)35(22-28-10-5-6-11-29(28)24-38-40-36)32(26-8-3-2-4-9-26)45-33(39-35)27-14-18-31(19-15-27)44-21-7-20-41/h2-6,8-19,32,41H,7,20-24H2,1H3,(H,37,42)/t32-,35-/m1/s1. The highest BCUT2D eigenvalue weighted by atomic mass is 16.5. The Hall–Kier alpha value is -5.31. The van der Waals surface area contributed by atoms with Crippen LogP contribution in [0.3, 0.4) is 0 Å². The number of carbonyl (C=O) groups excluding carboxylic acids is 1. The van der Waals surface area contributed by atoms with Gasteiger partial charge in [0, 0.05) is 36.5 Å². The topological polar surface area (TPSA) is 138 Å². The summed E-state index contributed by atoms with van der Waals surface area (Å²) >= 11 is 0. The molecule has 5 rings (SSSR count). The quantitative estimate of drug-likeness (QED) is 0.0776. The fourth-order valence-electron chi connectivity index (χ4n) is 5.27. The highest BCUT2D eigenvalue weighted by Gasteiger charge is 2.53. The minimum atomic E-state index is -1.40. The molecule has 0 aliphatic carbocycles. The molecule has 2 N–H and O–H groups in total. The van der Waals surface area contributed by atoms with Crippen molar-refractivity contribution in [2.45, 2.75) is 37.6 Å². The molecular weight excluding hydrogens is 570 g/mol. The Morgan fingerprint density at radius 2 is 1.67 bits per heavy atom. The van der Waals surface area contributed by atoms with Gasteiger partial charge >= 0.3 is 0 Å². The number of aliphatic hydroxyl groups is 1. The SMILES string of the molecule is COc1ccc(CNC(=O)[C@]2(Cc3ccccc3CN=[N+]=[N-])N=C(c3ccc(OCCCO)cc3)O[C@@H]2c2ccccc2)cc1. The maximum absolute atomic E-state index is 14.5. The summed E-state index contributed by atoms with van der Waals surface area (Å²) in [6.07, 6.45) is -0.0205. The minimum Gasteiger partial charge on any atom is -0.497 e. The van der Waals surface area contributed by atoms with E-state index in [0.29, 0.717) is 30.2 Å². The van der Waals surface area contributed by atoms with Gasteiger partial charge in [0.25, 0.3) is 5.91 Å². The molecule has 4 aromatic carbocycles. The van der Waals surface area contributed by atoms with Crippen LogP contribution < -0.4 is 14.8 Å². The molecule has 230 valence electrons. The molecule has 0 saturated heterocycles. The van der Waals surface area contributed by atoms with Crippen LogP contribution in [0.1, 0.15) is 40.3 Å². The number of ether oxygens (including phenoxy) is 3. The first-order chi connectivity index (χ1) is 22.1. The van der Waals surface area contributed by atoms with Crippen LogP contribution in [0.5, 0.6) is 11.5 Å². The van der Waals surface area contributed by atoms with Gasteiger partial charge in [-0.2, -0.15) is 0 Å². The zero-order chi connectivity index (χ0) is 31.5. The van der Waals surface area contributed by atoms with Gasteiger partial charge in [0.05, 0.1) is 20.3 Å². The Kier molecular flexibility index (Phi) is 10.3. The first-order valence-corrected chi connectivity index (χ1v) is 14.7. The van der Waals surface area contributed by atoms with Gasteiger partial charge < -0.3 is 24.6 Å². The number of nitrogens with zero attached hydrogens (tertiary/aromatic N) is 4. The summed E-state index contributed by atoms with van der Waals surface area (Å²) in [7, 11) is 1.61. The van der Waals surface area contributed by atoms with Crippen LogP contribution in [0.4, 0.5) is 0 Å². The molecular formula is C35H35N5O5. The summed E-state index contributed by atoms with van der Waals surface area (Å²) in [5.41, 5.74) is 11.6. The number of benzene rings is 4. The van der Waals surface area contributed by atoms with Crippen molar-refractivity contribution in [2.24, 2.45) is 10.1 Å². The predicted molar refractivity (Wildman–Crippen MR) is 171 cm³/mol. The molecule has 1 amide bonds. The van der Waals surface area contributed by atoms with Crippen molar-refractivity contribution in [3.8, 4) is 11.5 Å². The van der Waals surface area contributed by atoms with E-state index in [2.05, 4.69) is 15.3 Å². The second-order valence-electron chi connectivity index (χ2n) is 10.6. The van der Waals surface area contributed by atoms with Gasteiger partial charge in [-0.15, -0.1) is 0 Å². The average molecular weight is 606 g/mol. The number of hydrogen-bond donors (Lipinski definition) is 2. The Morgan fingerprint density at radius 1 is 0.978 bits per heavy atom. The molecule has 0 radical (unpaired) electrons. The van der Waals surface area contributed by atoms with Crippen LogP contribution >= 0.6 is 0 Å². The van der Waals surface area contributed by atoms with Crippen molar-refractivity contribution in [3.05, 3.63) is 141 Å². The van der Waals surface area contributed by atoms with Crippen molar-refractivity contribution in [2.75, 3.05) is 20.3 Å². The monoisotopic (exact) mass is 605 g/mol. The maximum Gasteiger partial charge on any atom is 0.252 e. The summed E-state index contributed by atoms with van der Waals surface area (Å²) in [6.45, 7) is 0.868. The van der Waals surface area contributed by atoms with Crippen LogP contribution in [0.25, 0.3) is 10.4 Å². The van der Waals surface area contributed by atoms with Crippen LogP contribution in [0.2, 0.25) is 0 Å². The van der Waals surface area contributed by atoms with Crippen molar-refractivity contribution >= 4 is 11.8 Å². The van der Waals surface area contributed by atoms with E-state index in [0.717, 1.165) is 28.0 Å². The molecule has 0 saturated carbocycles. The Morgan fingerprint density at radius 3 is 2.36 bits per heavy atom. The normalized spacial score (nSPS) is 17.0. The van der Waals surface area contributed by atoms with Gasteiger partial charge in [0.1, 0.15) is 11.5 Å². The molecule has 0 unspecified atom stereocenters. The summed E-state index contributed by atoms with van der Waals surface area (Å²) in [6, 6.07) is 32.0. The highest BCUT2D eigenvalue weighted by molar-refractivity contribution is 6.01. The molecule has 0 bridgehead atoms. The predicted octanol–water partition coefficient (Wildman–Crippen LogP) is 6.08. The fraction of sp³-hybridized carbons (Fsp3) is 0.257. The lowest BCUT2D eigenvalue weighted by atomic mass is 9.81. The van der Waals surface area contributed by atoms with E-state index in [4.69, 9.17) is 29.8 Å². The van der Waals surface area contributed by atoms with Crippen LogP contribution in [-0.4, -0.2) is 42.8 Å². The summed E-state index contributed by atoms with van der Waals surface area (Å²) in [5, 5.41) is 16.0. The smallest absolute Gasteiger partial charge is 0.252 e. The third-order valence-electron chi connectivity index (χ3n) is 7.63. The first-order valence-electron chi connectivity index (χ1n) is 14.7. The second kappa shape index (κ2) is 14.9. The van der Waals surface area contributed by atoms with E-state index >= 15 is 0 Å². The number of hydrogen-bond acceptors (Lipinski definition) is 7. The number of rotatable bonds is 14. The van der Waals surface area contributed by atoms with E-state index in [1.807, 2.05) is 103 Å². The lowest BCUT2D eigenvalue weighted by molar-refractivity contribution is -0.129. The Labute approximate surface area is 261 Å². The fourth-order valence-corrected chi connectivity index (χ4v) is 5.27. The van der Waals surface area contributed by atoms with Crippen LogP contribution in [0.15, 0.2) is 113 Å². The largest absolute Gasteiger partial charge is 0.497 e. The average Bonchev–Trinajstić information content (AvgIpc) is 3.48. The molecule has 1 heterocycles. The number of amides is 1. The third-order valence-corrected chi connectivity index (χ3v) is 7.63. The highest BCUT2D eigenvalue weighted by Crippen LogP contribution is 2.43. The van der Waals surface area contributed by atoms with Crippen LogP contribution in [0, 0.1) is 0 Å². The molecule has 1 aliphatic rings. The van der Waals surface area contributed by atoms with Crippen molar-refractivity contribution < 1.29 is 24.1 Å². The minimum absolute atomic E-state index is 0.0538. The molecule has 10 heteroatoms. The van der Waals surface area contributed by atoms with Crippen molar-refractivity contribution in [3.63, 3.8) is 0 Å². The lowest BCUT2D eigenvalue weighted by Crippen LogP contribution is -2.49. The van der Waals surface area contributed by atoms with Gasteiger partial charge in [0.2, 0.25) is 5.90 Å². The number of aliphatic imine (C=N–C) groups is 1. The van der Waals surface area contributed by atoms with Gasteiger partial charge in [-0.1, -0.05) is 71.8 Å². The third kappa shape index (κ3) is 7.44. The lowest BCUT2D eigenvalue weighted by Gasteiger charge is -2.31. The second-order valence-corrected chi connectivity index (χ2v) is 10.6. The molecule has 4 aromatic rings. The molecule has 2 atom stereocenters. The number of aliphatic hydroxyl groups excluding tert-OH is 1. The Balaban J connectivity index is 1.56. The van der Waals surface area contributed by atoms with Gasteiger partial charge in [0.15, 0.2) is 11.6 Å². The van der Waals surface area contributed by atoms with E-state index in [-0.39, 0.29) is 32.0 Å². The van der Waals surface area contributed by atoms with E-state index in [1.54, 1.807) is 7.11 Å². The molecule has 0 aromatic heterocycles. The maximum atomic E-state index is 14.5. The van der Waals surface area contributed by atoms with Gasteiger partial charge in [-0.25, -0.2) is 4.99 Å². The summed E-state index contributed by atoms with van der Waals surface area (Å²) in [4.78, 5) is 22.5. The summed E-state index contributed by atoms with van der Waals surface area (Å²) in [5.74, 6) is 1.41. The number of methoxy groups -OCH3 is 1. The molecule has 10 nitrogen and oxygen atoms in total. The van der Waals surface area contributed by atoms with Crippen molar-refractivity contribution in [1.82, 2.24) is 5.32 Å². The van der Waals surface area contributed by atoms with Crippen molar-refractivity contribution in [1.29, 1.82) is 0 Å². The van der Waals surface area contributed by atoms with E-state index in [1.165, 1.54) is 0 Å². The van der Waals surface area contributed by atoms with E-state index < -0.39 is 11.6 Å². The van der Waals surface area contributed by atoms with Crippen LogP contribution in [-0.2, 0) is 29.0 Å². The first kappa shape index (κ1) is 31.1. The molecule has 45 heavy (non-hydrogen) atoms.